The molecule has 0 spiro atoms. The van der Waals surface area contributed by atoms with Crippen LogP contribution >= 0.6 is 11.6 Å². The third-order valence-electron chi connectivity index (χ3n) is 6.15. The van der Waals surface area contributed by atoms with E-state index in [-0.39, 0.29) is 17.6 Å². The van der Waals surface area contributed by atoms with E-state index in [9.17, 15) is 19.8 Å². The highest BCUT2D eigenvalue weighted by Gasteiger charge is 2.47. The number of fused-ring (bicyclic) bond motifs is 2. The zero-order chi connectivity index (χ0) is 24.0. The summed E-state index contributed by atoms with van der Waals surface area (Å²) in [5, 5.41) is 22.6. The molecule has 174 valence electrons. The fourth-order valence-corrected chi connectivity index (χ4v) is 4.85. The predicted octanol–water partition coefficient (Wildman–Crippen LogP) is 4.56. The highest BCUT2D eigenvalue weighted by Crippen LogP contribution is 2.48. The molecule has 4 rings (SSSR count). The minimum absolute atomic E-state index is 0.0452. The molecule has 1 saturated heterocycles. The molecular formula is C25H27ClN2O5. The van der Waals surface area contributed by atoms with Crippen LogP contribution in [0.3, 0.4) is 0 Å². The van der Waals surface area contributed by atoms with E-state index in [0.29, 0.717) is 53.3 Å². The van der Waals surface area contributed by atoms with Crippen molar-refractivity contribution in [3.8, 4) is 0 Å². The van der Waals surface area contributed by atoms with Gasteiger partial charge in [-0.25, -0.2) is 9.59 Å². The van der Waals surface area contributed by atoms with Gasteiger partial charge in [0.25, 0.3) is 0 Å². The number of likely N-dealkylation sites (tertiary alicyclic amines) is 1. The number of amides is 1. The van der Waals surface area contributed by atoms with Crippen LogP contribution in [0.1, 0.15) is 56.0 Å². The lowest BCUT2D eigenvalue weighted by Crippen LogP contribution is -2.47. The fraction of sp³-hybridized carbons (Fsp3) is 0.400. The van der Waals surface area contributed by atoms with Crippen molar-refractivity contribution in [2.45, 2.75) is 44.8 Å². The number of carbonyl (C=O) groups is 2. The zero-order valence-electron chi connectivity index (χ0n) is 18.8. The molecule has 33 heavy (non-hydrogen) atoms. The van der Waals surface area contributed by atoms with Gasteiger partial charge in [0.05, 0.1) is 11.3 Å². The minimum atomic E-state index is -1.55. The first-order valence-corrected chi connectivity index (χ1v) is 11.3. The molecular weight excluding hydrogens is 444 g/mol. The third kappa shape index (κ3) is 4.35. The summed E-state index contributed by atoms with van der Waals surface area (Å²) in [6, 6.07) is 8.36. The van der Waals surface area contributed by atoms with Gasteiger partial charge in [0.15, 0.2) is 0 Å². The fourth-order valence-electron chi connectivity index (χ4n) is 4.68. The van der Waals surface area contributed by atoms with Crippen LogP contribution in [0.4, 0.5) is 4.79 Å². The van der Waals surface area contributed by atoms with Crippen molar-refractivity contribution in [1.82, 2.24) is 9.88 Å². The molecule has 2 heterocycles. The Labute approximate surface area is 197 Å². The number of aliphatic hydroxyl groups is 1. The molecule has 2 N–H and O–H groups in total. The van der Waals surface area contributed by atoms with Gasteiger partial charge in [-0.15, -0.1) is 0 Å². The average molecular weight is 471 g/mol. The number of piperidine rings is 1. The topological polar surface area (TPSA) is 100.0 Å². The maximum absolute atomic E-state index is 12.5. The highest BCUT2D eigenvalue weighted by atomic mass is 35.5. The molecule has 1 aromatic heterocycles. The quantitative estimate of drug-likeness (QED) is 0.667. The Bertz CT molecular complexity index is 1130. The molecule has 0 radical (unpaired) electrons. The number of aliphatic carboxylic acids is 1. The number of aromatic nitrogens is 1. The van der Waals surface area contributed by atoms with Gasteiger partial charge >= 0.3 is 12.1 Å². The predicted molar refractivity (Wildman–Crippen MR) is 125 cm³/mol. The van der Waals surface area contributed by atoms with E-state index in [4.69, 9.17) is 16.3 Å². The van der Waals surface area contributed by atoms with Gasteiger partial charge < -0.3 is 19.8 Å². The highest BCUT2D eigenvalue weighted by molar-refractivity contribution is 6.31. The third-order valence-corrected chi connectivity index (χ3v) is 6.39. The van der Waals surface area contributed by atoms with Crippen LogP contribution in [0, 0.1) is 5.92 Å². The number of hydrogen-bond acceptors (Lipinski definition) is 5. The number of halogens is 1. The molecule has 1 amide bonds. The molecule has 2 aromatic rings. The van der Waals surface area contributed by atoms with E-state index < -0.39 is 17.2 Å². The molecule has 0 bridgehead atoms. The first-order valence-electron chi connectivity index (χ1n) is 10.9. The zero-order valence-corrected chi connectivity index (χ0v) is 19.6. The van der Waals surface area contributed by atoms with Crippen molar-refractivity contribution in [3.05, 3.63) is 63.9 Å². The minimum Gasteiger partial charge on any atom is -0.478 e. The summed E-state index contributed by atoms with van der Waals surface area (Å²) in [6.07, 6.45) is 3.74. The van der Waals surface area contributed by atoms with Gasteiger partial charge in [0.1, 0.15) is 11.2 Å². The van der Waals surface area contributed by atoms with Gasteiger partial charge in [-0.1, -0.05) is 23.7 Å². The molecule has 8 heteroatoms. The van der Waals surface area contributed by atoms with E-state index in [2.05, 4.69) is 4.98 Å². The van der Waals surface area contributed by atoms with Gasteiger partial charge in [-0.3, -0.25) is 4.98 Å². The molecule has 2 aliphatic rings. The Kier molecular flexibility index (Phi) is 5.97. The van der Waals surface area contributed by atoms with Crippen LogP contribution < -0.4 is 0 Å². The van der Waals surface area contributed by atoms with E-state index >= 15 is 0 Å². The number of carboxylic acids is 1. The van der Waals surface area contributed by atoms with Gasteiger partial charge in [0.2, 0.25) is 0 Å². The number of pyridine rings is 1. The number of nitrogens with zero attached hydrogens (tertiary/aromatic N) is 2. The Morgan fingerprint density at radius 1 is 1.21 bits per heavy atom. The maximum atomic E-state index is 12.5. The summed E-state index contributed by atoms with van der Waals surface area (Å²) in [7, 11) is 0. The normalized spacial score (nSPS) is 20.9. The van der Waals surface area contributed by atoms with Gasteiger partial charge in [0, 0.05) is 35.8 Å². The number of ether oxygens (including phenoxy) is 1. The summed E-state index contributed by atoms with van der Waals surface area (Å²) < 4.78 is 5.49. The molecule has 1 fully saturated rings. The molecule has 1 aliphatic heterocycles. The van der Waals surface area contributed by atoms with Crippen LogP contribution in [0.5, 0.6) is 0 Å². The summed E-state index contributed by atoms with van der Waals surface area (Å²) in [5.74, 6) is -1.41. The maximum Gasteiger partial charge on any atom is 0.410 e. The Balaban J connectivity index is 1.76. The number of carboxylic acid groups (broad SMARTS) is 1. The molecule has 1 aliphatic carbocycles. The van der Waals surface area contributed by atoms with Crippen molar-refractivity contribution >= 4 is 35.3 Å². The number of rotatable bonds is 2. The molecule has 7 nitrogen and oxygen atoms in total. The molecule has 1 aromatic carbocycles. The molecule has 1 atom stereocenters. The monoisotopic (exact) mass is 470 g/mol. The van der Waals surface area contributed by atoms with Gasteiger partial charge in [-0.05, 0) is 69.0 Å². The van der Waals surface area contributed by atoms with Gasteiger partial charge in [-0.2, -0.15) is 0 Å². The average Bonchev–Trinajstić information content (AvgIpc) is 2.86. The first-order chi connectivity index (χ1) is 15.5. The van der Waals surface area contributed by atoms with Crippen LogP contribution in [-0.4, -0.2) is 50.9 Å². The van der Waals surface area contributed by atoms with Crippen molar-refractivity contribution in [1.29, 1.82) is 0 Å². The number of hydrogen-bond donors (Lipinski definition) is 2. The summed E-state index contributed by atoms with van der Waals surface area (Å²) >= 11 is 6.22. The van der Waals surface area contributed by atoms with Crippen molar-refractivity contribution < 1.29 is 24.5 Å². The lowest BCUT2D eigenvalue weighted by Gasteiger charge is -2.42. The summed E-state index contributed by atoms with van der Waals surface area (Å²) in [6.45, 7) is 6.29. The number of carbonyl (C=O) groups excluding carboxylic acids is 1. The Morgan fingerprint density at radius 2 is 1.91 bits per heavy atom. The van der Waals surface area contributed by atoms with Crippen LogP contribution in [0.2, 0.25) is 5.02 Å². The van der Waals surface area contributed by atoms with E-state index in [1.54, 1.807) is 41.4 Å². The standard InChI is InChI=1S/C25H27ClN2O5/c1-24(2,3)33-23(31)28-11-8-16(9-12-28)25(32)20-7-6-17(26)14-18(20)19(22(29)30)13-15-5-4-10-27-21(15)25/h4-7,10,13-14,16,32H,8-9,11-12H2,1-3H3,(H,29,30). The van der Waals surface area contributed by atoms with Crippen LogP contribution in [-0.2, 0) is 15.1 Å². The summed E-state index contributed by atoms with van der Waals surface area (Å²) in [5.41, 5.74) is -0.333. The van der Waals surface area contributed by atoms with Crippen molar-refractivity contribution in [2.75, 3.05) is 13.1 Å². The molecule has 0 saturated carbocycles. The lowest BCUT2D eigenvalue weighted by molar-refractivity contribution is -0.130. The Hall–Kier alpha value is -2.90. The van der Waals surface area contributed by atoms with Crippen molar-refractivity contribution in [3.63, 3.8) is 0 Å². The van der Waals surface area contributed by atoms with E-state index in [1.807, 2.05) is 20.8 Å². The second-order valence-corrected chi connectivity index (χ2v) is 9.94. The van der Waals surface area contributed by atoms with Crippen molar-refractivity contribution in [2.24, 2.45) is 5.92 Å². The SMILES string of the molecule is CC(C)(C)OC(=O)N1CCC(C2(O)c3ccc(Cl)cc3C(C(=O)O)=Cc3cccnc32)CC1. The second kappa shape index (κ2) is 8.47. The van der Waals surface area contributed by atoms with E-state index in [0.717, 1.165) is 0 Å². The first kappa shape index (κ1) is 23.3. The smallest absolute Gasteiger partial charge is 0.410 e. The van der Waals surface area contributed by atoms with Crippen LogP contribution in [0.25, 0.3) is 11.6 Å². The van der Waals surface area contributed by atoms with Crippen LogP contribution in [0.15, 0.2) is 36.5 Å². The Morgan fingerprint density at radius 3 is 2.55 bits per heavy atom. The second-order valence-electron chi connectivity index (χ2n) is 9.50. The molecule has 1 unspecified atom stereocenters. The summed E-state index contributed by atoms with van der Waals surface area (Å²) in [4.78, 5) is 30.8. The van der Waals surface area contributed by atoms with E-state index in [1.165, 1.54) is 6.08 Å². The largest absolute Gasteiger partial charge is 0.478 e. The number of benzene rings is 1. The lowest BCUT2D eigenvalue weighted by atomic mass is 9.72.